The molecule has 1 heterocycles. The van der Waals surface area contributed by atoms with E-state index in [-0.39, 0.29) is 11.4 Å². The average molecular weight is 340 g/mol. The van der Waals surface area contributed by atoms with E-state index >= 15 is 0 Å². The Labute approximate surface area is 137 Å². The van der Waals surface area contributed by atoms with Crippen molar-refractivity contribution >= 4 is 12.0 Å². The number of aliphatic hydroxyl groups is 4. The Morgan fingerprint density at radius 2 is 1.75 bits per heavy atom. The van der Waals surface area contributed by atoms with Crippen molar-refractivity contribution in [2.24, 2.45) is 0 Å². The summed E-state index contributed by atoms with van der Waals surface area (Å²) in [7, 11) is 0. The van der Waals surface area contributed by atoms with E-state index in [0.717, 1.165) is 0 Å². The molecule has 1 aromatic rings. The van der Waals surface area contributed by atoms with E-state index < -0.39 is 43.1 Å². The molecule has 1 aromatic carbocycles. The van der Waals surface area contributed by atoms with Gasteiger partial charge in [0.05, 0.1) is 12.6 Å². The summed E-state index contributed by atoms with van der Waals surface area (Å²) >= 11 is 0. The Balaban J connectivity index is 2.20. The smallest absolute Gasteiger partial charge is 0.352 e. The normalized spacial score (nSPS) is 30.8. The molecule has 132 valence electrons. The molecule has 8 N–H and O–H groups in total. The van der Waals surface area contributed by atoms with Gasteiger partial charge in [0.25, 0.3) is 0 Å². The standard InChI is InChI=1S/C15H20N2O7/c18-6-10-11(20)12(21)13(22)14(17-10)16-9(15(23)24)5-7-1-3-8(19)4-2-7/h1-5,10-14,16-22H,6H2,(H,23,24)/b9-5+/t10-,11-,12+,13-,14-/m1/s1. The van der Waals surface area contributed by atoms with Crippen molar-refractivity contribution < 1.29 is 35.4 Å². The maximum Gasteiger partial charge on any atom is 0.352 e. The molecule has 1 saturated heterocycles. The van der Waals surface area contributed by atoms with Gasteiger partial charge in [0.15, 0.2) is 0 Å². The number of benzene rings is 1. The first kappa shape index (κ1) is 18.2. The number of nitrogens with one attached hydrogen (secondary N) is 2. The lowest BCUT2D eigenvalue weighted by Crippen LogP contribution is -2.69. The van der Waals surface area contributed by atoms with Crippen LogP contribution in [0, 0.1) is 0 Å². The number of carboxylic acids is 1. The van der Waals surface area contributed by atoms with Crippen molar-refractivity contribution in [1.29, 1.82) is 0 Å². The number of piperidine rings is 1. The molecule has 1 aliphatic heterocycles. The van der Waals surface area contributed by atoms with Gasteiger partial charge >= 0.3 is 5.97 Å². The van der Waals surface area contributed by atoms with Gasteiger partial charge in [-0.25, -0.2) is 4.79 Å². The van der Waals surface area contributed by atoms with Crippen LogP contribution in [0.4, 0.5) is 0 Å². The minimum Gasteiger partial charge on any atom is -0.508 e. The van der Waals surface area contributed by atoms with Gasteiger partial charge in [-0.3, -0.25) is 5.32 Å². The average Bonchev–Trinajstić information content (AvgIpc) is 2.56. The van der Waals surface area contributed by atoms with Crippen molar-refractivity contribution in [3.8, 4) is 5.75 Å². The molecule has 2 rings (SSSR count). The van der Waals surface area contributed by atoms with Gasteiger partial charge in [0.1, 0.15) is 35.9 Å². The highest BCUT2D eigenvalue weighted by molar-refractivity contribution is 5.91. The maximum absolute atomic E-state index is 11.4. The first-order valence-corrected chi connectivity index (χ1v) is 7.25. The number of aromatic hydroxyl groups is 1. The topological polar surface area (TPSA) is 163 Å². The molecule has 0 bridgehead atoms. The Kier molecular flexibility index (Phi) is 5.75. The third-order valence-corrected chi connectivity index (χ3v) is 3.79. The van der Waals surface area contributed by atoms with E-state index in [1.165, 1.54) is 30.3 Å². The molecule has 24 heavy (non-hydrogen) atoms. The van der Waals surface area contributed by atoms with Crippen LogP contribution in [0.5, 0.6) is 5.75 Å². The van der Waals surface area contributed by atoms with Crippen LogP contribution in [-0.2, 0) is 4.79 Å². The monoisotopic (exact) mass is 340 g/mol. The molecule has 1 fully saturated rings. The zero-order valence-electron chi connectivity index (χ0n) is 12.6. The Bertz CT molecular complexity index is 602. The summed E-state index contributed by atoms with van der Waals surface area (Å²) in [6, 6.07) is 4.85. The number of phenolic OH excluding ortho intramolecular Hbond substituents is 1. The van der Waals surface area contributed by atoms with Gasteiger partial charge in [-0.2, -0.15) is 0 Å². The van der Waals surface area contributed by atoms with Crippen LogP contribution in [0.1, 0.15) is 5.56 Å². The summed E-state index contributed by atoms with van der Waals surface area (Å²) in [6.45, 7) is -0.507. The zero-order chi connectivity index (χ0) is 17.9. The predicted molar refractivity (Wildman–Crippen MR) is 82.7 cm³/mol. The zero-order valence-corrected chi connectivity index (χ0v) is 12.6. The SMILES string of the molecule is O=C(O)/C(=C\c1ccc(O)cc1)N[C@@H]1N[C@H](CO)[C@@H](O)[C@H](O)[C@H]1O. The molecular formula is C15H20N2O7. The Hall–Kier alpha value is -2.17. The molecule has 9 heteroatoms. The molecule has 0 spiro atoms. The minimum atomic E-state index is -1.55. The highest BCUT2D eigenvalue weighted by Gasteiger charge is 2.42. The van der Waals surface area contributed by atoms with Crippen molar-refractivity contribution in [1.82, 2.24) is 10.6 Å². The first-order chi connectivity index (χ1) is 11.3. The largest absolute Gasteiger partial charge is 0.508 e. The lowest BCUT2D eigenvalue weighted by atomic mass is 9.94. The van der Waals surface area contributed by atoms with Crippen LogP contribution >= 0.6 is 0 Å². The van der Waals surface area contributed by atoms with E-state index in [4.69, 9.17) is 0 Å². The molecule has 0 aliphatic carbocycles. The molecule has 9 nitrogen and oxygen atoms in total. The number of hydrogen-bond acceptors (Lipinski definition) is 8. The van der Waals surface area contributed by atoms with Crippen molar-refractivity contribution in [3.05, 3.63) is 35.5 Å². The van der Waals surface area contributed by atoms with E-state index in [1.807, 2.05) is 0 Å². The van der Waals surface area contributed by atoms with Crippen LogP contribution in [0.2, 0.25) is 0 Å². The number of rotatable bonds is 5. The van der Waals surface area contributed by atoms with E-state index in [9.17, 15) is 35.4 Å². The molecule has 0 unspecified atom stereocenters. The van der Waals surface area contributed by atoms with Crippen LogP contribution < -0.4 is 10.6 Å². The summed E-state index contributed by atoms with van der Waals surface area (Å²) in [4.78, 5) is 11.4. The fourth-order valence-corrected chi connectivity index (χ4v) is 2.42. The summed E-state index contributed by atoms with van der Waals surface area (Å²) in [5.74, 6) is -1.28. The second kappa shape index (κ2) is 7.60. The van der Waals surface area contributed by atoms with Crippen LogP contribution in [0.3, 0.4) is 0 Å². The van der Waals surface area contributed by atoms with E-state index in [0.29, 0.717) is 5.56 Å². The molecule has 0 aromatic heterocycles. The van der Waals surface area contributed by atoms with Gasteiger partial charge in [-0.15, -0.1) is 0 Å². The number of phenols is 1. The van der Waals surface area contributed by atoms with Gasteiger partial charge in [-0.05, 0) is 23.8 Å². The van der Waals surface area contributed by atoms with Crippen LogP contribution in [-0.4, -0.2) is 73.7 Å². The Morgan fingerprint density at radius 1 is 1.12 bits per heavy atom. The fraction of sp³-hybridized carbons (Fsp3) is 0.400. The van der Waals surface area contributed by atoms with Crippen LogP contribution in [0.15, 0.2) is 30.0 Å². The number of hydrogen-bond donors (Lipinski definition) is 8. The third-order valence-electron chi connectivity index (χ3n) is 3.79. The quantitative estimate of drug-likeness (QED) is 0.277. The lowest BCUT2D eigenvalue weighted by Gasteiger charge is -2.41. The number of carbonyl (C=O) groups is 1. The van der Waals surface area contributed by atoms with Gasteiger partial charge in [-0.1, -0.05) is 12.1 Å². The van der Waals surface area contributed by atoms with E-state index in [1.54, 1.807) is 0 Å². The van der Waals surface area contributed by atoms with Crippen molar-refractivity contribution in [2.75, 3.05) is 6.61 Å². The molecule has 0 amide bonds. The summed E-state index contributed by atoms with van der Waals surface area (Å²) in [5, 5.41) is 62.4. The van der Waals surface area contributed by atoms with Gasteiger partial charge in [0.2, 0.25) is 0 Å². The lowest BCUT2D eigenvalue weighted by molar-refractivity contribution is -0.135. The van der Waals surface area contributed by atoms with Gasteiger partial charge in [0, 0.05) is 0 Å². The van der Waals surface area contributed by atoms with Crippen LogP contribution in [0.25, 0.3) is 6.08 Å². The number of aliphatic hydroxyl groups excluding tert-OH is 4. The highest BCUT2D eigenvalue weighted by atomic mass is 16.4. The number of aliphatic carboxylic acids is 1. The second-order valence-electron chi connectivity index (χ2n) is 5.50. The molecule has 5 atom stereocenters. The highest BCUT2D eigenvalue weighted by Crippen LogP contribution is 2.17. The number of carboxylic acid groups (broad SMARTS) is 1. The molecule has 0 saturated carbocycles. The third kappa shape index (κ3) is 4.02. The maximum atomic E-state index is 11.4. The fourth-order valence-electron chi connectivity index (χ4n) is 2.42. The van der Waals surface area contributed by atoms with Gasteiger partial charge < -0.3 is 36.0 Å². The first-order valence-electron chi connectivity index (χ1n) is 7.25. The Morgan fingerprint density at radius 3 is 2.29 bits per heavy atom. The van der Waals surface area contributed by atoms with Crippen molar-refractivity contribution in [2.45, 2.75) is 30.5 Å². The predicted octanol–water partition coefficient (Wildman–Crippen LogP) is -2.22. The molecule has 0 radical (unpaired) electrons. The molecule has 1 aliphatic rings. The molecular weight excluding hydrogens is 320 g/mol. The minimum absolute atomic E-state index is 0.0317. The summed E-state index contributed by atoms with van der Waals surface area (Å²) in [6.07, 6.45) is -4.26. The summed E-state index contributed by atoms with van der Waals surface area (Å²) in [5.41, 5.74) is 0.208. The second-order valence-corrected chi connectivity index (χ2v) is 5.50. The summed E-state index contributed by atoms with van der Waals surface area (Å²) < 4.78 is 0. The van der Waals surface area contributed by atoms with Crippen molar-refractivity contribution in [3.63, 3.8) is 0 Å². The van der Waals surface area contributed by atoms with E-state index in [2.05, 4.69) is 10.6 Å².